The van der Waals surface area contributed by atoms with Gasteiger partial charge < -0.3 is 9.47 Å². The molecular weight excluding hydrogens is 210 g/mol. The van der Waals surface area contributed by atoms with E-state index in [2.05, 4.69) is 4.74 Å². The number of rotatable bonds is 6. The van der Waals surface area contributed by atoms with Gasteiger partial charge in [-0.25, -0.2) is 9.59 Å². The monoisotopic (exact) mass is 225 g/mol. The maximum Gasteiger partial charge on any atom is 0.334 e. The van der Waals surface area contributed by atoms with Crippen molar-refractivity contribution in [2.45, 2.75) is 26.7 Å². The number of hydrogen-bond acceptors (Lipinski definition) is 5. The zero-order valence-corrected chi connectivity index (χ0v) is 9.49. The van der Waals surface area contributed by atoms with E-state index in [1.807, 2.05) is 6.07 Å². The molecule has 0 amide bonds. The summed E-state index contributed by atoms with van der Waals surface area (Å²) in [6.45, 7) is 3.81. The van der Waals surface area contributed by atoms with Crippen molar-refractivity contribution in [3.05, 3.63) is 11.6 Å². The molecule has 0 saturated heterocycles. The zero-order valence-electron chi connectivity index (χ0n) is 9.49. The molecule has 5 nitrogen and oxygen atoms in total. The van der Waals surface area contributed by atoms with E-state index in [4.69, 9.17) is 10.00 Å². The Bertz CT molecular complexity index is 314. The molecule has 0 N–H and O–H groups in total. The van der Waals surface area contributed by atoms with Gasteiger partial charge in [-0.3, -0.25) is 0 Å². The summed E-state index contributed by atoms with van der Waals surface area (Å²) in [6, 6.07) is 1.90. The van der Waals surface area contributed by atoms with Gasteiger partial charge >= 0.3 is 11.9 Å². The highest BCUT2D eigenvalue weighted by Crippen LogP contribution is 2.07. The largest absolute Gasteiger partial charge is 0.463 e. The van der Waals surface area contributed by atoms with Gasteiger partial charge in [0.1, 0.15) is 0 Å². The van der Waals surface area contributed by atoms with Crippen LogP contribution >= 0.6 is 0 Å². The van der Waals surface area contributed by atoms with Gasteiger partial charge in [-0.1, -0.05) is 0 Å². The van der Waals surface area contributed by atoms with Crippen LogP contribution in [-0.2, 0) is 19.1 Å². The molecule has 0 aliphatic heterocycles. The molecule has 0 atom stereocenters. The first-order chi connectivity index (χ1) is 7.65. The molecule has 0 fully saturated rings. The minimum atomic E-state index is -0.594. The Labute approximate surface area is 94.6 Å². The van der Waals surface area contributed by atoms with E-state index < -0.39 is 11.9 Å². The summed E-state index contributed by atoms with van der Waals surface area (Å²) >= 11 is 0. The van der Waals surface area contributed by atoms with Crippen LogP contribution in [0, 0.1) is 11.3 Å². The van der Waals surface area contributed by atoms with Gasteiger partial charge in [0.2, 0.25) is 0 Å². The summed E-state index contributed by atoms with van der Waals surface area (Å²) < 4.78 is 9.43. The summed E-state index contributed by atoms with van der Waals surface area (Å²) in [7, 11) is 0. The van der Waals surface area contributed by atoms with Crippen molar-refractivity contribution in [3.63, 3.8) is 0 Å². The summed E-state index contributed by atoms with van der Waals surface area (Å²) in [5, 5.41) is 8.42. The van der Waals surface area contributed by atoms with Crippen LogP contribution in [0.5, 0.6) is 0 Å². The molecule has 0 heterocycles. The van der Waals surface area contributed by atoms with Crippen LogP contribution in [0.25, 0.3) is 0 Å². The van der Waals surface area contributed by atoms with Crippen LogP contribution in [-0.4, -0.2) is 25.2 Å². The number of nitriles is 1. The zero-order chi connectivity index (χ0) is 12.4. The highest BCUT2D eigenvalue weighted by atomic mass is 16.5. The van der Waals surface area contributed by atoms with Crippen LogP contribution in [0.4, 0.5) is 0 Å². The standard InChI is InChI=1S/C11H15NO4/c1-3-15-10(13)8-9(6-5-7-12)11(14)16-4-2/h8H,3-6H2,1-2H3. The van der Waals surface area contributed by atoms with E-state index in [0.29, 0.717) is 0 Å². The van der Waals surface area contributed by atoms with Crippen LogP contribution in [0.1, 0.15) is 26.7 Å². The molecule has 0 unspecified atom stereocenters. The molecule has 0 aromatic heterocycles. The molecule has 0 spiro atoms. The Balaban J connectivity index is 4.58. The van der Waals surface area contributed by atoms with Crippen molar-refractivity contribution in [2.75, 3.05) is 13.2 Å². The van der Waals surface area contributed by atoms with E-state index in [9.17, 15) is 9.59 Å². The average Bonchev–Trinajstić information content (AvgIpc) is 2.24. The second-order valence-corrected chi connectivity index (χ2v) is 2.80. The molecule has 0 aromatic rings. The van der Waals surface area contributed by atoms with Crippen molar-refractivity contribution in [3.8, 4) is 6.07 Å². The first-order valence-electron chi connectivity index (χ1n) is 5.07. The molecule has 5 heteroatoms. The van der Waals surface area contributed by atoms with Crippen LogP contribution in [0.15, 0.2) is 11.6 Å². The highest BCUT2D eigenvalue weighted by Gasteiger charge is 2.12. The number of carbonyl (C=O) groups is 2. The van der Waals surface area contributed by atoms with Gasteiger partial charge in [0.25, 0.3) is 0 Å². The predicted octanol–water partition coefficient (Wildman–Crippen LogP) is 1.34. The van der Waals surface area contributed by atoms with Crippen molar-refractivity contribution < 1.29 is 19.1 Å². The quantitative estimate of drug-likeness (QED) is 0.503. The van der Waals surface area contributed by atoms with Gasteiger partial charge in [0.05, 0.1) is 19.3 Å². The number of hydrogen-bond donors (Lipinski definition) is 0. The Morgan fingerprint density at radius 1 is 1.25 bits per heavy atom. The maximum atomic E-state index is 11.4. The molecule has 0 radical (unpaired) electrons. The minimum Gasteiger partial charge on any atom is -0.463 e. The van der Waals surface area contributed by atoms with Gasteiger partial charge in [0, 0.05) is 18.1 Å². The smallest absolute Gasteiger partial charge is 0.334 e. The second kappa shape index (κ2) is 8.48. The topological polar surface area (TPSA) is 76.4 Å². The molecular formula is C11H15NO4. The number of carbonyl (C=O) groups excluding carboxylic acids is 2. The molecule has 0 aromatic carbocycles. The molecule has 0 bridgehead atoms. The molecule has 88 valence electrons. The van der Waals surface area contributed by atoms with Crippen molar-refractivity contribution in [1.82, 2.24) is 0 Å². The van der Waals surface area contributed by atoms with Crippen molar-refractivity contribution >= 4 is 11.9 Å². The van der Waals surface area contributed by atoms with E-state index in [0.717, 1.165) is 6.08 Å². The molecule has 0 aliphatic carbocycles. The Hall–Kier alpha value is -1.83. The lowest BCUT2D eigenvalue weighted by Gasteiger charge is -2.04. The fourth-order valence-corrected chi connectivity index (χ4v) is 0.974. The average molecular weight is 225 g/mol. The number of ether oxygens (including phenoxy) is 2. The van der Waals surface area contributed by atoms with Crippen LogP contribution in [0.3, 0.4) is 0 Å². The SMILES string of the molecule is CCOC(=O)C=C(CCC#N)C(=O)OCC. The fourth-order valence-electron chi connectivity index (χ4n) is 0.974. The minimum absolute atomic E-state index is 0.157. The van der Waals surface area contributed by atoms with E-state index in [1.54, 1.807) is 13.8 Å². The first kappa shape index (κ1) is 14.2. The van der Waals surface area contributed by atoms with E-state index >= 15 is 0 Å². The Kier molecular flexibility index (Phi) is 7.51. The molecule has 16 heavy (non-hydrogen) atoms. The summed E-state index contributed by atoms with van der Waals surface area (Å²) in [4.78, 5) is 22.5. The summed E-state index contributed by atoms with van der Waals surface area (Å²) in [6.07, 6.45) is 1.43. The maximum absolute atomic E-state index is 11.4. The third-order valence-corrected chi connectivity index (χ3v) is 1.62. The molecule has 0 aliphatic rings. The Morgan fingerprint density at radius 3 is 2.38 bits per heavy atom. The first-order valence-corrected chi connectivity index (χ1v) is 5.07. The third kappa shape index (κ3) is 5.81. The number of nitrogens with zero attached hydrogens (tertiary/aromatic N) is 1. The lowest BCUT2D eigenvalue weighted by atomic mass is 10.1. The van der Waals surface area contributed by atoms with Crippen LogP contribution in [0.2, 0.25) is 0 Å². The van der Waals surface area contributed by atoms with Crippen LogP contribution < -0.4 is 0 Å². The fraction of sp³-hybridized carbons (Fsp3) is 0.545. The van der Waals surface area contributed by atoms with Gasteiger partial charge in [-0.05, 0) is 20.3 Å². The van der Waals surface area contributed by atoms with E-state index in [-0.39, 0.29) is 31.6 Å². The lowest BCUT2D eigenvalue weighted by molar-refractivity contribution is -0.141. The van der Waals surface area contributed by atoms with Gasteiger partial charge in [0.15, 0.2) is 0 Å². The molecule has 0 saturated carbocycles. The van der Waals surface area contributed by atoms with Gasteiger partial charge in [-0.15, -0.1) is 0 Å². The third-order valence-electron chi connectivity index (χ3n) is 1.62. The van der Waals surface area contributed by atoms with E-state index in [1.165, 1.54) is 0 Å². The summed E-state index contributed by atoms with van der Waals surface area (Å²) in [5.74, 6) is -1.17. The van der Waals surface area contributed by atoms with Gasteiger partial charge in [-0.2, -0.15) is 5.26 Å². The summed E-state index contributed by atoms with van der Waals surface area (Å²) in [5.41, 5.74) is 0.168. The number of esters is 2. The highest BCUT2D eigenvalue weighted by molar-refractivity contribution is 5.96. The van der Waals surface area contributed by atoms with Crippen molar-refractivity contribution in [1.29, 1.82) is 5.26 Å². The molecule has 0 rings (SSSR count). The predicted molar refractivity (Wildman–Crippen MR) is 56.2 cm³/mol. The Morgan fingerprint density at radius 2 is 1.88 bits per heavy atom. The van der Waals surface area contributed by atoms with Crippen molar-refractivity contribution in [2.24, 2.45) is 0 Å². The second-order valence-electron chi connectivity index (χ2n) is 2.80. The normalized spacial score (nSPS) is 10.4. The lowest BCUT2D eigenvalue weighted by Crippen LogP contribution is -2.11.